The maximum absolute atomic E-state index is 2.48. The lowest BCUT2D eigenvalue weighted by atomic mass is 9.82. The molecule has 0 bridgehead atoms. The maximum atomic E-state index is 2.48. The molecule has 63 heavy (non-hydrogen) atoms. The monoisotopic (exact) mass is 804 g/mol. The number of fused-ring (bicyclic) bond motifs is 8. The summed E-state index contributed by atoms with van der Waals surface area (Å²) in [5, 5.41) is 5.07. The van der Waals surface area contributed by atoms with Gasteiger partial charge in [-0.3, -0.25) is 0 Å². The van der Waals surface area contributed by atoms with Gasteiger partial charge >= 0.3 is 0 Å². The molecule has 0 saturated heterocycles. The van der Waals surface area contributed by atoms with E-state index < -0.39 is 0 Å². The fraction of sp³-hybridized carbons (Fsp3) is 0.0492. The quantitative estimate of drug-likeness (QED) is 0.156. The van der Waals surface area contributed by atoms with Crippen LogP contribution in [0, 0.1) is 0 Å². The zero-order valence-electron chi connectivity index (χ0n) is 35.3. The van der Waals surface area contributed by atoms with Gasteiger partial charge in [0.05, 0.1) is 11.0 Å². The van der Waals surface area contributed by atoms with Crippen LogP contribution in [-0.4, -0.2) is 4.57 Å². The van der Waals surface area contributed by atoms with Crippen LogP contribution in [0.3, 0.4) is 0 Å². The molecule has 0 atom stereocenters. The number of anilines is 3. The fourth-order valence-corrected chi connectivity index (χ4v) is 10.2. The van der Waals surface area contributed by atoms with Gasteiger partial charge in [0, 0.05) is 38.9 Å². The molecule has 0 N–H and O–H groups in total. The van der Waals surface area contributed by atoms with Gasteiger partial charge in [0.2, 0.25) is 0 Å². The SMILES string of the molecule is CC1(C)c2ccccc2-c2c1ccc1cc3c(cc21)c1cc(-c2cccc(N(c4ccc(-c5ccccc5)cc4)c4ccc(-c5ccccc5)cc4)c2)ccc1n3-c1ccccc1. The molecular formula is C61H44N2. The normalized spacial score (nSPS) is 12.7. The first kappa shape index (κ1) is 36.9. The number of para-hydroxylation sites is 1. The van der Waals surface area contributed by atoms with Gasteiger partial charge in [-0.1, -0.05) is 172 Å². The fourth-order valence-electron chi connectivity index (χ4n) is 10.2. The summed E-state index contributed by atoms with van der Waals surface area (Å²) < 4.78 is 2.44. The van der Waals surface area contributed by atoms with Crippen LogP contribution in [-0.2, 0) is 5.41 Å². The Balaban J connectivity index is 1.02. The first-order valence-electron chi connectivity index (χ1n) is 21.9. The first-order valence-corrected chi connectivity index (χ1v) is 21.9. The van der Waals surface area contributed by atoms with E-state index in [1.165, 1.54) is 88.2 Å². The van der Waals surface area contributed by atoms with Gasteiger partial charge in [0.15, 0.2) is 0 Å². The molecule has 0 fully saturated rings. The summed E-state index contributed by atoms with van der Waals surface area (Å²) in [6, 6.07) is 84.5. The average Bonchev–Trinajstić information content (AvgIpc) is 3.79. The van der Waals surface area contributed by atoms with Gasteiger partial charge in [-0.2, -0.15) is 0 Å². The molecule has 2 nitrogen and oxygen atoms in total. The molecule has 1 heterocycles. The van der Waals surface area contributed by atoms with Crippen molar-refractivity contribution in [1.29, 1.82) is 0 Å². The number of rotatable bonds is 7. The molecule has 0 spiro atoms. The summed E-state index contributed by atoms with van der Waals surface area (Å²) in [7, 11) is 0. The van der Waals surface area contributed by atoms with E-state index in [1.54, 1.807) is 0 Å². The first-order chi connectivity index (χ1) is 31.0. The van der Waals surface area contributed by atoms with Gasteiger partial charge in [0.25, 0.3) is 0 Å². The second-order valence-electron chi connectivity index (χ2n) is 17.4. The number of nitrogens with zero attached hydrogens (tertiary/aromatic N) is 2. The zero-order chi connectivity index (χ0) is 42.1. The standard InChI is InChI=1S/C61H44N2/c1-61(2)56-24-13-12-23-52(56)60-53-40-55-54-38-46(30-36-58(54)63(48-20-10-5-11-21-48)59(55)39-47(53)29-35-57(60)61)45-19-14-22-51(37-45)62(49-31-25-43(26-32-49)41-15-6-3-7-16-41)50-33-27-44(28-34-50)42-17-8-4-9-18-42/h3-40H,1-2H3. The van der Waals surface area contributed by atoms with Crippen molar-refractivity contribution in [1.82, 2.24) is 4.57 Å². The third kappa shape index (κ3) is 6.09. The van der Waals surface area contributed by atoms with E-state index in [0.29, 0.717) is 0 Å². The van der Waals surface area contributed by atoms with Gasteiger partial charge in [-0.25, -0.2) is 0 Å². The highest BCUT2D eigenvalue weighted by Gasteiger charge is 2.36. The number of benzene rings is 10. The summed E-state index contributed by atoms with van der Waals surface area (Å²) in [5.74, 6) is 0. The van der Waals surface area contributed by atoms with Crippen LogP contribution in [0.2, 0.25) is 0 Å². The molecule has 1 aromatic heterocycles. The minimum absolute atomic E-state index is 0.0625. The van der Waals surface area contributed by atoms with Crippen molar-refractivity contribution in [3.8, 4) is 50.2 Å². The van der Waals surface area contributed by atoms with E-state index >= 15 is 0 Å². The lowest BCUT2D eigenvalue weighted by molar-refractivity contribution is 0.661. The van der Waals surface area contributed by atoms with Crippen molar-refractivity contribution in [2.75, 3.05) is 4.90 Å². The van der Waals surface area contributed by atoms with Crippen molar-refractivity contribution in [2.24, 2.45) is 0 Å². The van der Waals surface area contributed by atoms with Crippen molar-refractivity contribution in [3.63, 3.8) is 0 Å². The largest absolute Gasteiger partial charge is 0.310 e. The second kappa shape index (κ2) is 14.6. The molecule has 0 saturated carbocycles. The number of hydrogen-bond acceptors (Lipinski definition) is 1. The molecule has 2 heteroatoms. The Morgan fingerprint density at radius 3 is 1.56 bits per heavy atom. The molecule has 0 aliphatic heterocycles. The molecule has 298 valence electrons. The molecule has 1 aliphatic carbocycles. The van der Waals surface area contributed by atoms with E-state index in [1.807, 2.05) is 0 Å². The molecule has 0 amide bonds. The minimum atomic E-state index is -0.0625. The van der Waals surface area contributed by atoms with Crippen molar-refractivity contribution >= 4 is 49.6 Å². The third-order valence-electron chi connectivity index (χ3n) is 13.4. The van der Waals surface area contributed by atoms with Gasteiger partial charge in [-0.15, -0.1) is 0 Å². The number of hydrogen-bond donors (Lipinski definition) is 0. The van der Waals surface area contributed by atoms with E-state index in [9.17, 15) is 0 Å². The number of aromatic nitrogens is 1. The average molecular weight is 805 g/mol. The summed E-state index contributed by atoms with van der Waals surface area (Å²) >= 11 is 0. The van der Waals surface area contributed by atoms with Gasteiger partial charge < -0.3 is 9.47 Å². The van der Waals surface area contributed by atoms with Crippen LogP contribution in [0.1, 0.15) is 25.0 Å². The smallest absolute Gasteiger partial charge is 0.0547 e. The highest BCUT2D eigenvalue weighted by Crippen LogP contribution is 2.52. The molecule has 12 rings (SSSR count). The van der Waals surface area contributed by atoms with E-state index in [4.69, 9.17) is 0 Å². The van der Waals surface area contributed by atoms with Crippen molar-refractivity contribution in [3.05, 3.63) is 242 Å². The molecule has 1 aliphatic rings. The summed E-state index contributed by atoms with van der Waals surface area (Å²) in [4.78, 5) is 2.37. The Bertz CT molecular complexity index is 3410. The van der Waals surface area contributed by atoms with Crippen molar-refractivity contribution in [2.45, 2.75) is 19.3 Å². The van der Waals surface area contributed by atoms with Gasteiger partial charge in [0.1, 0.15) is 0 Å². The zero-order valence-corrected chi connectivity index (χ0v) is 35.3. The lowest BCUT2D eigenvalue weighted by Crippen LogP contribution is -2.14. The Labute approximate surface area is 368 Å². The van der Waals surface area contributed by atoms with Crippen LogP contribution >= 0.6 is 0 Å². The second-order valence-corrected chi connectivity index (χ2v) is 17.4. The van der Waals surface area contributed by atoms with E-state index in [2.05, 4.69) is 254 Å². The predicted octanol–water partition coefficient (Wildman–Crippen LogP) is 16.7. The Hall–Kier alpha value is -7.94. The van der Waals surface area contributed by atoms with Crippen LogP contribution in [0.15, 0.2) is 231 Å². The minimum Gasteiger partial charge on any atom is -0.310 e. The third-order valence-corrected chi connectivity index (χ3v) is 13.4. The predicted molar refractivity (Wildman–Crippen MR) is 267 cm³/mol. The van der Waals surface area contributed by atoms with Crippen LogP contribution in [0.4, 0.5) is 17.1 Å². The Morgan fingerprint density at radius 2 is 0.889 bits per heavy atom. The van der Waals surface area contributed by atoms with Crippen LogP contribution in [0.5, 0.6) is 0 Å². The molecule has 10 aromatic carbocycles. The molecule has 11 aromatic rings. The highest BCUT2D eigenvalue weighted by atomic mass is 15.1. The van der Waals surface area contributed by atoms with E-state index in [-0.39, 0.29) is 5.41 Å². The van der Waals surface area contributed by atoms with Crippen LogP contribution < -0.4 is 4.90 Å². The lowest BCUT2D eigenvalue weighted by Gasteiger charge is -2.26. The Morgan fingerprint density at radius 1 is 0.349 bits per heavy atom. The molecular weight excluding hydrogens is 761 g/mol. The van der Waals surface area contributed by atoms with Crippen LogP contribution in [0.25, 0.3) is 82.8 Å². The summed E-state index contributed by atoms with van der Waals surface area (Å²) in [5.41, 5.74) is 19.5. The van der Waals surface area contributed by atoms with Gasteiger partial charge in [-0.05, 0) is 139 Å². The topological polar surface area (TPSA) is 8.17 Å². The molecule has 0 unspecified atom stereocenters. The van der Waals surface area contributed by atoms with E-state index in [0.717, 1.165) is 22.7 Å². The summed E-state index contributed by atoms with van der Waals surface area (Å²) in [6.07, 6.45) is 0. The van der Waals surface area contributed by atoms with Crippen molar-refractivity contribution < 1.29 is 0 Å². The highest BCUT2D eigenvalue weighted by molar-refractivity contribution is 6.17. The summed E-state index contributed by atoms with van der Waals surface area (Å²) in [6.45, 7) is 4.73. The Kier molecular flexibility index (Phi) is 8.55. The maximum Gasteiger partial charge on any atom is 0.0547 e. The molecule has 0 radical (unpaired) electrons.